The second-order valence-electron chi connectivity index (χ2n) is 3.23. The van der Waals surface area contributed by atoms with Crippen LogP contribution in [0.3, 0.4) is 0 Å². The van der Waals surface area contributed by atoms with Gasteiger partial charge in [0, 0.05) is 6.42 Å². The van der Waals surface area contributed by atoms with E-state index in [9.17, 15) is 4.79 Å². The van der Waals surface area contributed by atoms with E-state index in [2.05, 4.69) is 6.92 Å². The smallest absolute Gasteiger partial charge is 0.305 e. The quantitative estimate of drug-likeness (QED) is 0.572. The monoisotopic (exact) mass is 156 g/mol. The summed E-state index contributed by atoms with van der Waals surface area (Å²) < 4.78 is 5.03. The van der Waals surface area contributed by atoms with E-state index >= 15 is 0 Å². The molecule has 0 bridgehead atoms. The summed E-state index contributed by atoms with van der Waals surface area (Å²) in [6.07, 6.45) is 5.21. The van der Waals surface area contributed by atoms with Crippen molar-refractivity contribution in [3.8, 4) is 0 Å². The van der Waals surface area contributed by atoms with Gasteiger partial charge in [-0.2, -0.15) is 0 Å². The number of ether oxygens (including phenoxy) is 1. The Kier molecular flexibility index (Phi) is 3.40. The average molecular weight is 156 g/mol. The van der Waals surface area contributed by atoms with Gasteiger partial charge in [0.15, 0.2) is 0 Å². The van der Waals surface area contributed by atoms with Crippen LogP contribution in [0, 0.1) is 5.92 Å². The van der Waals surface area contributed by atoms with E-state index < -0.39 is 0 Å². The highest BCUT2D eigenvalue weighted by Gasteiger charge is 2.15. The van der Waals surface area contributed by atoms with Gasteiger partial charge < -0.3 is 4.74 Å². The molecule has 1 unspecified atom stereocenters. The molecule has 0 aromatic rings. The van der Waals surface area contributed by atoms with E-state index in [1.165, 1.54) is 19.3 Å². The van der Waals surface area contributed by atoms with E-state index in [1.807, 2.05) is 0 Å². The fourth-order valence-electron chi connectivity index (χ4n) is 1.54. The first kappa shape index (κ1) is 8.57. The van der Waals surface area contributed by atoms with Crippen LogP contribution in [-0.4, -0.2) is 12.6 Å². The number of esters is 1. The molecule has 1 heterocycles. The predicted molar refractivity (Wildman–Crippen MR) is 43.2 cm³/mol. The molecule has 2 nitrogen and oxygen atoms in total. The summed E-state index contributed by atoms with van der Waals surface area (Å²) in [5.74, 6) is 0.620. The summed E-state index contributed by atoms with van der Waals surface area (Å²) in [6, 6.07) is 0. The normalized spacial score (nSPS) is 25.9. The Morgan fingerprint density at radius 2 is 2.45 bits per heavy atom. The Balaban J connectivity index is 2.28. The van der Waals surface area contributed by atoms with E-state index in [4.69, 9.17) is 4.74 Å². The predicted octanol–water partition coefficient (Wildman–Crippen LogP) is 2.13. The van der Waals surface area contributed by atoms with Gasteiger partial charge in [0.05, 0.1) is 6.61 Å². The van der Waals surface area contributed by atoms with Crippen molar-refractivity contribution in [2.24, 2.45) is 5.92 Å². The molecule has 0 spiro atoms. The zero-order chi connectivity index (χ0) is 8.10. The minimum Gasteiger partial charge on any atom is -0.465 e. The van der Waals surface area contributed by atoms with E-state index in [1.54, 1.807) is 0 Å². The molecule has 1 atom stereocenters. The molecule has 0 radical (unpaired) electrons. The Labute approximate surface area is 67.9 Å². The lowest BCUT2D eigenvalue weighted by Gasteiger charge is -2.10. The van der Waals surface area contributed by atoms with Gasteiger partial charge >= 0.3 is 5.97 Å². The summed E-state index contributed by atoms with van der Waals surface area (Å²) in [6.45, 7) is 2.83. The fraction of sp³-hybridized carbons (Fsp3) is 0.889. The van der Waals surface area contributed by atoms with E-state index in [-0.39, 0.29) is 5.97 Å². The van der Waals surface area contributed by atoms with Gasteiger partial charge in [-0.05, 0) is 25.2 Å². The molecule has 1 aliphatic rings. The molecular formula is C9H16O2. The van der Waals surface area contributed by atoms with Crippen LogP contribution >= 0.6 is 0 Å². The molecule has 0 aromatic carbocycles. The molecule has 2 heteroatoms. The van der Waals surface area contributed by atoms with Crippen molar-refractivity contribution in [2.45, 2.75) is 39.0 Å². The van der Waals surface area contributed by atoms with Crippen LogP contribution < -0.4 is 0 Å². The lowest BCUT2D eigenvalue weighted by atomic mass is 9.99. The molecule has 1 aliphatic heterocycles. The maximum Gasteiger partial charge on any atom is 0.305 e. The van der Waals surface area contributed by atoms with Crippen molar-refractivity contribution >= 4 is 5.97 Å². The molecule has 1 saturated heterocycles. The highest BCUT2D eigenvalue weighted by atomic mass is 16.5. The Morgan fingerprint density at radius 3 is 3.18 bits per heavy atom. The standard InChI is InChI=1S/C9H16O2/c1-2-4-8-5-3-6-9(10)11-7-8/h8H,2-7H2,1H3. The zero-order valence-electron chi connectivity index (χ0n) is 7.14. The highest BCUT2D eigenvalue weighted by Crippen LogP contribution is 2.18. The number of carbonyl (C=O) groups is 1. The van der Waals surface area contributed by atoms with Crippen LogP contribution in [-0.2, 0) is 9.53 Å². The first-order valence-corrected chi connectivity index (χ1v) is 4.48. The number of carbonyl (C=O) groups excluding carboxylic acids is 1. The van der Waals surface area contributed by atoms with Crippen LogP contribution in [0.15, 0.2) is 0 Å². The molecule has 0 amide bonds. The fourth-order valence-corrected chi connectivity index (χ4v) is 1.54. The summed E-state index contributed by atoms with van der Waals surface area (Å²) in [5, 5.41) is 0. The van der Waals surface area contributed by atoms with Crippen molar-refractivity contribution in [2.75, 3.05) is 6.61 Å². The molecular weight excluding hydrogens is 140 g/mol. The maximum absolute atomic E-state index is 10.8. The van der Waals surface area contributed by atoms with E-state index in [0.29, 0.717) is 18.9 Å². The van der Waals surface area contributed by atoms with Gasteiger partial charge in [0.2, 0.25) is 0 Å². The molecule has 11 heavy (non-hydrogen) atoms. The maximum atomic E-state index is 10.8. The van der Waals surface area contributed by atoms with Gasteiger partial charge in [-0.25, -0.2) is 0 Å². The number of hydrogen-bond acceptors (Lipinski definition) is 2. The van der Waals surface area contributed by atoms with Crippen molar-refractivity contribution < 1.29 is 9.53 Å². The van der Waals surface area contributed by atoms with Crippen molar-refractivity contribution in [3.63, 3.8) is 0 Å². The Hall–Kier alpha value is -0.530. The first-order chi connectivity index (χ1) is 5.33. The molecule has 0 N–H and O–H groups in total. The topological polar surface area (TPSA) is 26.3 Å². The van der Waals surface area contributed by atoms with Gasteiger partial charge in [-0.1, -0.05) is 13.3 Å². The Morgan fingerprint density at radius 1 is 1.64 bits per heavy atom. The minimum atomic E-state index is -0.0106. The average Bonchev–Trinajstić information content (AvgIpc) is 2.17. The third-order valence-corrected chi connectivity index (χ3v) is 2.17. The second-order valence-corrected chi connectivity index (χ2v) is 3.23. The van der Waals surface area contributed by atoms with Crippen LogP contribution in [0.1, 0.15) is 39.0 Å². The largest absolute Gasteiger partial charge is 0.465 e. The van der Waals surface area contributed by atoms with Crippen LogP contribution in [0.5, 0.6) is 0 Å². The van der Waals surface area contributed by atoms with Crippen LogP contribution in [0.25, 0.3) is 0 Å². The lowest BCUT2D eigenvalue weighted by Crippen LogP contribution is -2.08. The Bertz CT molecular complexity index is 132. The summed E-state index contributed by atoms with van der Waals surface area (Å²) in [4.78, 5) is 10.8. The first-order valence-electron chi connectivity index (χ1n) is 4.48. The third kappa shape index (κ3) is 2.91. The van der Waals surface area contributed by atoms with Crippen LogP contribution in [0.4, 0.5) is 0 Å². The lowest BCUT2D eigenvalue weighted by molar-refractivity contribution is -0.143. The van der Waals surface area contributed by atoms with Gasteiger partial charge in [-0.3, -0.25) is 4.79 Å². The number of hydrogen-bond donors (Lipinski definition) is 0. The van der Waals surface area contributed by atoms with Crippen molar-refractivity contribution in [3.05, 3.63) is 0 Å². The van der Waals surface area contributed by atoms with Gasteiger partial charge in [0.25, 0.3) is 0 Å². The number of rotatable bonds is 2. The van der Waals surface area contributed by atoms with E-state index in [0.717, 1.165) is 6.42 Å². The van der Waals surface area contributed by atoms with Crippen LogP contribution in [0.2, 0.25) is 0 Å². The molecule has 0 aromatic heterocycles. The minimum absolute atomic E-state index is 0.0106. The molecule has 0 saturated carbocycles. The van der Waals surface area contributed by atoms with Gasteiger partial charge in [-0.15, -0.1) is 0 Å². The third-order valence-electron chi connectivity index (χ3n) is 2.17. The van der Waals surface area contributed by atoms with Crippen molar-refractivity contribution in [1.29, 1.82) is 0 Å². The summed E-state index contributed by atoms with van der Waals surface area (Å²) in [5.41, 5.74) is 0. The summed E-state index contributed by atoms with van der Waals surface area (Å²) in [7, 11) is 0. The second kappa shape index (κ2) is 4.37. The number of cyclic esters (lactones) is 1. The highest BCUT2D eigenvalue weighted by molar-refractivity contribution is 5.69. The molecule has 1 rings (SSSR count). The molecule has 0 aliphatic carbocycles. The zero-order valence-corrected chi connectivity index (χ0v) is 7.14. The SMILES string of the molecule is CCCC1CCCC(=O)OC1. The summed E-state index contributed by atoms with van der Waals surface area (Å²) >= 11 is 0. The molecule has 1 fully saturated rings. The molecule has 64 valence electrons. The van der Waals surface area contributed by atoms with Crippen molar-refractivity contribution in [1.82, 2.24) is 0 Å². The van der Waals surface area contributed by atoms with Gasteiger partial charge in [0.1, 0.15) is 0 Å².